The predicted molar refractivity (Wildman–Crippen MR) is 100 cm³/mol. The molecule has 0 spiro atoms. The summed E-state index contributed by atoms with van der Waals surface area (Å²) >= 11 is 0. The van der Waals surface area contributed by atoms with Crippen LogP contribution in [0.3, 0.4) is 0 Å². The van der Waals surface area contributed by atoms with Gasteiger partial charge in [0.15, 0.2) is 0 Å². The first kappa shape index (κ1) is 20.4. The number of carbonyl (C=O) groups is 1. The number of rotatable bonds is 3. The number of amidine groups is 1. The van der Waals surface area contributed by atoms with Gasteiger partial charge < -0.3 is 15.7 Å². The van der Waals surface area contributed by atoms with Crippen molar-refractivity contribution in [1.82, 2.24) is 0 Å². The molecular formula is C20H17F4N3O2. The number of halogens is 4. The number of allylic oxidation sites excluding steroid dienone is 1. The lowest BCUT2D eigenvalue weighted by Gasteiger charge is -2.22. The molecule has 1 amide bonds. The van der Waals surface area contributed by atoms with Crippen LogP contribution in [-0.4, -0.2) is 23.4 Å². The summed E-state index contributed by atoms with van der Waals surface area (Å²) in [6.07, 6.45) is -3.96. The predicted octanol–water partition coefficient (Wildman–Crippen LogP) is 4.47. The molecule has 1 aliphatic rings. The summed E-state index contributed by atoms with van der Waals surface area (Å²) in [6, 6.07) is 9.19. The summed E-state index contributed by atoms with van der Waals surface area (Å²) in [5.74, 6) is -1.67. The Kier molecular flexibility index (Phi) is 5.58. The third kappa shape index (κ3) is 4.56. The van der Waals surface area contributed by atoms with Crippen LogP contribution >= 0.6 is 0 Å². The second-order valence-corrected chi connectivity index (χ2v) is 6.40. The fourth-order valence-corrected chi connectivity index (χ4v) is 2.93. The fourth-order valence-electron chi connectivity index (χ4n) is 2.93. The van der Waals surface area contributed by atoms with Gasteiger partial charge in [0.05, 0.1) is 11.3 Å². The minimum atomic E-state index is -4.49. The average Bonchev–Trinajstić information content (AvgIpc) is 2.81. The van der Waals surface area contributed by atoms with Crippen LogP contribution in [0.1, 0.15) is 18.4 Å². The summed E-state index contributed by atoms with van der Waals surface area (Å²) in [6.45, 7) is 0.182. The molecule has 5 nitrogen and oxygen atoms in total. The molecule has 0 saturated carbocycles. The number of nitrogens with two attached hydrogens (primary N) is 1. The Hall–Kier alpha value is -3.36. The number of benzene rings is 2. The first-order chi connectivity index (χ1) is 13.7. The molecule has 0 aliphatic carbocycles. The van der Waals surface area contributed by atoms with Crippen molar-refractivity contribution in [3.63, 3.8) is 0 Å². The van der Waals surface area contributed by atoms with Gasteiger partial charge in [0.1, 0.15) is 23.0 Å². The molecule has 0 radical (unpaired) electrons. The van der Waals surface area contributed by atoms with Gasteiger partial charge in [0.2, 0.25) is 0 Å². The van der Waals surface area contributed by atoms with Crippen molar-refractivity contribution in [3.05, 3.63) is 71.2 Å². The fraction of sp³-hybridized carbons (Fsp3) is 0.200. The van der Waals surface area contributed by atoms with E-state index in [1.807, 2.05) is 0 Å². The van der Waals surface area contributed by atoms with Crippen LogP contribution in [-0.2, 0) is 11.0 Å². The van der Waals surface area contributed by atoms with E-state index in [1.165, 1.54) is 41.3 Å². The lowest BCUT2D eigenvalue weighted by atomic mass is 10.1. The molecule has 3 N–H and O–H groups in total. The number of nitrogens with zero attached hydrogens (tertiary/aromatic N) is 2. The number of aliphatic hydroxyl groups excluding tert-OH is 1. The molecule has 0 fully saturated rings. The van der Waals surface area contributed by atoms with Crippen LogP contribution in [0.5, 0.6) is 0 Å². The number of hydrogen-bond donors (Lipinski definition) is 2. The van der Waals surface area contributed by atoms with Crippen molar-refractivity contribution >= 4 is 23.1 Å². The standard InChI is InChI=1S/C20H17F4N3O2/c21-13-5-7-14(8-6-13)26-18(25)17-16(28)2-1-11-27(19(17)29)15-9-3-12(4-10-15)20(22,23)24/h3-10,28H,1-2,11H2,(H2,25,26). The van der Waals surface area contributed by atoms with Gasteiger partial charge in [-0.1, -0.05) is 0 Å². The van der Waals surface area contributed by atoms with E-state index in [0.717, 1.165) is 12.1 Å². The second-order valence-electron chi connectivity index (χ2n) is 6.40. The van der Waals surface area contributed by atoms with Gasteiger partial charge in [0.25, 0.3) is 5.91 Å². The largest absolute Gasteiger partial charge is 0.511 e. The monoisotopic (exact) mass is 407 g/mol. The van der Waals surface area contributed by atoms with Gasteiger partial charge in [0, 0.05) is 18.7 Å². The van der Waals surface area contributed by atoms with E-state index in [2.05, 4.69) is 4.99 Å². The third-order valence-corrected chi connectivity index (χ3v) is 4.38. The topological polar surface area (TPSA) is 78.9 Å². The highest BCUT2D eigenvalue weighted by atomic mass is 19.4. The molecule has 0 bridgehead atoms. The molecule has 2 aromatic carbocycles. The van der Waals surface area contributed by atoms with E-state index in [-0.39, 0.29) is 41.5 Å². The lowest BCUT2D eigenvalue weighted by molar-refractivity contribution is -0.137. The van der Waals surface area contributed by atoms with E-state index < -0.39 is 23.5 Å². The summed E-state index contributed by atoms with van der Waals surface area (Å²) < 4.78 is 51.4. The van der Waals surface area contributed by atoms with Crippen molar-refractivity contribution < 1.29 is 27.5 Å². The molecular weight excluding hydrogens is 390 g/mol. The van der Waals surface area contributed by atoms with E-state index in [4.69, 9.17) is 5.73 Å². The SMILES string of the molecule is NC(=Nc1ccc(F)cc1)C1=C(O)CCCN(c2ccc(C(F)(F)F)cc2)C1=O. The number of aliphatic hydroxyl groups is 1. The van der Waals surface area contributed by atoms with Crippen LogP contribution in [0, 0.1) is 5.82 Å². The normalized spacial score (nSPS) is 16.2. The Balaban J connectivity index is 1.93. The minimum Gasteiger partial charge on any atom is -0.511 e. The number of aliphatic imine (C=N–C) groups is 1. The van der Waals surface area contributed by atoms with Gasteiger partial charge in [-0.3, -0.25) is 4.79 Å². The zero-order chi connectivity index (χ0) is 21.2. The Bertz CT molecular complexity index is 965. The number of hydrogen-bond acceptors (Lipinski definition) is 3. The van der Waals surface area contributed by atoms with Crippen molar-refractivity contribution in [2.45, 2.75) is 19.0 Å². The quantitative estimate of drug-likeness (QED) is 0.448. The minimum absolute atomic E-state index is 0.151. The molecule has 1 aliphatic heterocycles. The van der Waals surface area contributed by atoms with Crippen LogP contribution < -0.4 is 10.6 Å². The summed E-state index contributed by atoms with van der Waals surface area (Å²) in [7, 11) is 0. The lowest BCUT2D eigenvalue weighted by Crippen LogP contribution is -2.36. The van der Waals surface area contributed by atoms with Crippen LogP contribution in [0.15, 0.2) is 64.9 Å². The smallest absolute Gasteiger partial charge is 0.416 e. The zero-order valence-corrected chi connectivity index (χ0v) is 15.1. The number of amides is 1. The second kappa shape index (κ2) is 7.94. The molecule has 152 valence electrons. The van der Waals surface area contributed by atoms with Gasteiger partial charge >= 0.3 is 6.18 Å². The highest BCUT2D eigenvalue weighted by Gasteiger charge is 2.32. The molecule has 0 atom stereocenters. The molecule has 3 rings (SSSR count). The Morgan fingerprint density at radius 3 is 2.28 bits per heavy atom. The maximum atomic E-state index is 13.0. The summed E-state index contributed by atoms with van der Waals surface area (Å²) in [4.78, 5) is 18.3. The Morgan fingerprint density at radius 1 is 1.07 bits per heavy atom. The maximum Gasteiger partial charge on any atom is 0.416 e. The molecule has 0 saturated heterocycles. The van der Waals surface area contributed by atoms with Crippen molar-refractivity contribution in [2.24, 2.45) is 10.7 Å². The molecule has 29 heavy (non-hydrogen) atoms. The van der Waals surface area contributed by atoms with Gasteiger partial charge in [-0.05, 0) is 55.0 Å². The van der Waals surface area contributed by atoms with Gasteiger partial charge in [-0.25, -0.2) is 9.38 Å². The summed E-state index contributed by atoms with van der Waals surface area (Å²) in [5.41, 5.74) is 5.39. The average molecular weight is 407 g/mol. The van der Waals surface area contributed by atoms with Crippen LogP contribution in [0.4, 0.5) is 28.9 Å². The van der Waals surface area contributed by atoms with Crippen molar-refractivity contribution in [2.75, 3.05) is 11.4 Å². The first-order valence-electron chi connectivity index (χ1n) is 8.68. The van der Waals surface area contributed by atoms with Crippen LogP contribution in [0.25, 0.3) is 0 Å². The third-order valence-electron chi connectivity index (χ3n) is 4.38. The molecule has 9 heteroatoms. The van der Waals surface area contributed by atoms with E-state index >= 15 is 0 Å². The highest BCUT2D eigenvalue weighted by molar-refractivity contribution is 6.25. The Labute approximate surface area is 163 Å². The van der Waals surface area contributed by atoms with Gasteiger partial charge in [-0.2, -0.15) is 13.2 Å². The number of anilines is 1. The molecule has 1 heterocycles. The van der Waals surface area contributed by atoms with E-state index in [0.29, 0.717) is 6.42 Å². The van der Waals surface area contributed by atoms with Crippen LogP contribution in [0.2, 0.25) is 0 Å². The van der Waals surface area contributed by atoms with E-state index in [1.54, 1.807) is 0 Å². The molecule has 0 unspecified atom stereocenters. The van der Waals surface area contributed by atoms with Gasteiger partial charge in [-0.15, -0.1) is 0 Å². The maximum absolute atomic E-state index is 13.0. The molecule has 2 aromatic rings. The molecule has 0 aromatic heterocycles. The first-order valence-corrected chi connectivity index (χ1v) is 8.68. The number of carbonyl (C=O) groups excluding carboxylic acids is 1. The van der Waals surface area contributed by atoms with Crippen molar-refractivity contribution in [1.29, 1.82) is 0 Å². The van der Waals surface area contributed by atoms with E-state index in [9.17, 15) is 27.5 Å². The zero-order valence-electron chi connectivity index (χ0n) is 15.1. The van der Waals surface area contributed by atoms with Crippen molar-refractivity contribution in [3.8, 4) is 0 Å². The number of alkyl halides is 3. The summed E-state index contributed by atoms with van der Waals surface area (Å²) in [5, 5.41) is 10.3. The Morgan fingerprint density at radius 2 is 1.69 bits per heavy atom. The highest BCUT2D eigenvalue weighted by Crippen LogP contribution is 2.31.